The summed E-state index contributed by atoms with van der Waals surface area (Å²) in [5, 5.41) is 12.4. The molecule has 1 atom stereocenters. The number of fused-ring (bicyclic) bond motifs is 1. The molecule has 29 heavy (non-hydrogen) atoms. The van der Waals surface area contributed by atoms with E-state index in [2.05, 4.69) is 60.3 Å². The maximum atomic E-state index is 4.52. The highest BCUT2D eigenvalue weighted by Gasteiger charge is 2.25. The summed E-state index contributed by atoms with van der Waals surface area (Å²) in [7, 11) is 1.88. The minimum Gasteiger partial charge on any atom is -0.356 e. The standard InChI is InChI=1S/C22H32N6.HI/c1-23-22(27-15-12-19(17-27)16-18-8-4-2-5-9-18)24-13-11-21-26-25-20-10-6-3-7-14-28(20)21;/h2,4-5,8-9,19H,3,6-7,10-17H2,1H3,(H,23,24);1H. The molecule has 0 radical (unpaired) electrons. The number of nitrogens with one attached hydrogen (secondary N) is 1. The van der Waals surface area contributed by atoms with Crippen LogP contribution in [0.2, 0.25) is 0 Å². The lowest BCUT2D eigenvalue weighted by Crippen LogP contribution is -2.41. The second-order valence-electron chi connectivity index (χ2n) is 8.01. The Kier molecular flexibility index (Phi) is 8.32. The second-order valence-corrected chi connectivity index (χ2v) is 8.01. The zero-order valence-electron chi connectivity index (χ0n) is 17.4. The van der Waals surface area contributed by atoms with Gasteiger partial charge < -0.3 is 14.8 Å². The summed E-state index contributed by atoms with van der Waals surface area (Å²) in [5.74, 6) is 4.00. The Labute approximate surface area is 191 Å². The van der Waals surface area contributed by atoms with Gasteiger partial charge in [-0.1, -0.05) is 36.8 Å². The van der Waals surface area contributed by atoms with Crippen molar-refractivity contribution < 1.29 is 0 Å². The van der Waals surface area contributed by atoms with Crippen LogP contribution >= 0.6 is 24.0 Å². The Morgan fingerprint density at radius 1 is 1.14 bits per heavy atom. The molecule has 0 spiro atoms. The van der Waals surface area contributed by atoms with E-state index in [1.807, 2.05) is 7.05 Å². The number of halogens is 1. The molecule has 2 aromatic rings. The lowest BCUT2D eigenvalue weighted by molar-refractivity contribution is 0.459. The first kappa shape index (κ1) is 22.1. The monoisotopic (exact) mass is 508 g/mol. The number of aryl methyl sites for hydroxylation is 1. The van der Waals surface area contributed by atoms with Crippen LogP contribution in [0.3, 0.4) is 0 Å². The van der Waals surface area contributed by atoms with Gasteiger partial charge in [-0.15, -0.1) is 34.2 Å². The van der Waals surface area contributed by atoms with Crippen molar-refractivity contribution >= 4 is 29.9 Å². The van der Waals surface area contributed by atoms with E-state index in [-0.39, 0.29) is 24.0 Å². The van der Waals surface area contributed by atoms with E-state index in [0.29, 0.717) is 5.92 Å². The number of benzene rings is 1. The zero-order chi connectivity index (χ0) is 19.2. The van der Waals surface area contributed by atoms with Gasteiger partial charge >= 0.3 is 0 Å². The summed E-state index contributed by atoms with van der Waals surface area (Å²) >= 11 is 0. The molecule has 0 saturated carbocycles. The summed E-state index contributed by atoms with van der Waals surface area (Å²) in [4.78, 5) is 6.92. The fraction of sp³-hybridized carbons (Fsp3) is 0.591. The number of hydrogen-bond donors (Lipinski definition) is 1. The van der Waals surface area contributed by atoms with Gasteiger partial charge in [0, 0.05) is 46.1 Å². The molecule has 1 N–H and O–H groups in total. The van der Waals surface area contributed by atoms with E-state index in [0.717, 1.165) is 57.2 Å². The Morgan fingerprint density at radius 2 is 2.00 bits per heavy atom. The normalized spacial score (nSPS) is 19.4. The molecule has 2 aliphatic heterocycles. The van der Waals surface area contributed by atoms with Crippen molar-refractivity contribution in [1.29, 1.82) is 0 Å². The van der Waals surface area contributed by atoms with Gasteiger partial charge in [-0.2, -0.15) is 0 Å². The first-order valence-electron chi connectivity index (χ1n) is 10.7. The molecular weight excluding hydrogens is 475 g/mol. The van der Waals surface area contributed by atoms with Crippen LogP contribution in [0.1, 0.15) is 42.9 Å². The number of aromatic nitrogens is 3. The topological polar surface area (TPSA) is 58.3 Å². The van der Waals surface area contributed by atoms with Gasteiger partial charge in [0.1, 0.15) is 11.6 Å². The van der Waals surface area contributed by atoms with Crippen LogP contribution in [0.25, 0.3) is 0 Å². The van der Waals surface area contributed by atoms with E-state index >= 15 is 0 Å². The third-order valence-corrected chi connectivity index (χ3v) is 5.98. The van der Waals surface area contributed by atoms with Crippen LogP contribution in [0.4, 0.5) is 0 Å². The Balaban J connectivity index is 0.00000240. The van der Waals surface area contributed by atoms with E-state index in [9.17, 15) is 0 Å². The van der Waals surface area contributed by atoms with E-state index in [4.69, 9.17) is 0 Å². The van der Waals surface area contributed by atoms with E-state index in [1.54, 1.807) is 0 Å². The number of rotatable bonds is 5. The van der Waals surface area contributed by atoms with Crippen LogP contribution in [-0.4, -0.2) is 52.3 Å². The maximum absolute atomic E-state index is 4.52. The van der Waals surface area contributed by atoms with E-state index in [1.165, 1.54) is 37.1 Å². The van der Waals surface area contributed by atoms with Crippen LogP contribution in [0.15, 0.2) is 35.3 Å². The van der Waals surface area contributed by atoms with Crippen LogP contribution in [0, 0.1) is 5.92 Å². The number of hydrogen-bond acceptors (Lipinski definition) is 3. The second kappa shape index (κ2) is 10.9. The Bertz CT molecular complexity index is 788. The zero-order valence-corrected chi connectivity index (χ0v) is 19.7. The molecule has 0 amide bonds. The van der Waals surface area contributed by atoms with Gasteiger partial charge in [-0.3, -0.25) is 4.99 Å². The molecule has 158 valence electrons. The van der Waals surface area contributed by atoms with Gasteiger partial charge in [-0.05, 0) is 37.2 Å². The Morgan fingerprint density at radius 3 is 2.83 bits per heavy atom. The molecule has 7 heteroatoms. The summed E-state index contributed by atoms with van der Waals surface area (Å²) in [5.41, 5.74) is 1.43. The van der Waals surface area contributed by atoms with Gasteiger partial charge in [0.15, 0.2) is 5.96 Å². The average Bonchev–Trinajstić information content (AvgIpc) is 3.26. The van der Waals surface area contributed by atoms with Crippen molar-refractivity contribution in [3.63, 3.8) is 0 Å². The molecule has 0 aliphatic carbocycles. The third kappa shape index (κ3) is 5.71. The van der Waals surface area contributed by atoms with Gasteiger partial charge in [-0.25, -0.2) is 0 Å². The van der Waals surface area contributed by atoms with Gasteiger partial charge in [0.25, 0.3) is 0 Å². The summed E-state index contributed by atoms with van der Waals surface area (Å²) in [6.45, 7) is 4.08. The maximum Gasteiger partial charge on any atom is 0.193 e. The molecule has 1 aromatic heterocycles. The highest BCUT2D eigenvalue weighted by molar-refractivity contribution is 14.0. The van der Waals surface area contributed by atoms with Crippen molar-refractivity contribution in [2.75, 3.05) is 26.7 Å². The largest absolute Gasteiger partial charge is 0.356 e. The molecular formula is C22H33IN6. The fourth-order valence-corrected chi connectivity index (χ4v) is 4.49. The van der Waals surface area contributed by atoms with Crippen molar-refractivity contribution in [3.8, 4) is 0 Å². The van der Waals surface area contributed by atoms with Crippen molar-refractivity contribution in [2.24, 2.45) is 10.9 Å². The quantitative estimate of drug-likeness (QED) is 0.383. The third-order valence-electron chi connectivity index (χ3n) is 5.98. The predicted octanol–water partition coefficient (Wildman–Crippen LogP) is 3.31. The number of aliphatic imine (C=N–C) groups is 1. The SMILES string of the molecule is CN=C(NCCc1nnc2n1CCCCC2)N1CCC(Cc2ccccc2)C1.I. The molecule has 0 bridgehead atoms. The van der Waals surface area contributed by atoms with Crippen molar-refractivity contribution in [1.82, 2.24) is 25.0 Å². The van der Waals surface area contributed by atoms with Crippen molar-refractivity contribution in [3.05, 3.63) is 47.5 Å². The van der Waals surface area contributed by atoms with Crippen molar-refractivity contribution in [2.45, 2.75) is 51.5 Å². The first-order chi connectivity index (χ1) is 13.8. The molecule has 6 nitrogen and oxygen atoms in total. The lowest BCUT2D eigenvalue weighted by atomic mass is 9.99. The summed E-state index contributed by atoms with van der Waals surface area (Å²) in [6, 6.07) is 10.8. The first-order valence-corrected chi connectivity index (χ1v) is 10.7. The molecule has 1 fully saturated rings. The molecule has 1 unspecified atom stereocenters. The summed E-state index contributed by atoms with van der Waals surface area (Å²) < 4.78 is 2.34. The molecule has 3 heterocycles. The average molecular weight is 508 g/mol. The molecule has 1 aromatic carbocycles. The molecule has 4 rings (SSSR count). The highest BCUT2D eigenvalue weighted by atomic mass is 127. The van der Waals surface area contributed by atoms with Crippen LogP contribution in [-0.2, 0) is 25.8 Å². The van der Waals surface area contributed by atoms with Crippen LogP contribution in [0.5, 0.6) is 0 Å². The smallest absolute Gasteiger partial charge is 0.193 e. The Hall–Kier alpha value is -1.64. The lowest BCUT2D eigenvalue weighted by Gasteiger charge is -2.21. The molecule has 2 aliphatic rings. The molecule has 1 saturated heterocycles. The summed E-state index contributed by atoms with van der Waals surface area (Å²) in [6.07, 6.45) is 8.12. The van der Waals surface area contributed by atoms with E-state index < -0.39 is 0 Å². The minimum absolute atomic E-state index is 0. The van der Waals surface area contributed by atoms with Crippen LogP contribution < -0.4 is 5.32 Å². The number of likely N-dealkylation sites (tertiary alicyclic amines) is 1. The minimum atomic E-state index is 0. The predicted molar refractivity (Wildman–Crippen MR) is 128 cm³/mol. The number of guanidine groups is 1. The van der Waals surface area contributed by atoms with Gasteiger partial charge in [0.05, 0.1) is 0 Å². The highest BCUT2D eigenvalue weighted by Crippen LogP contribution is 2.21. The van der Waals surface area contributed by atoms with Gasteiger partial charge in [0.2, 0.25) is 0 Å². The number of nitrogens with zero attached hydrogens (tertiary/aromatic N) is 5. The fourth-order valence-electron chi connectivity index (χ4n) is 4.49.